The Morgan fingerprint density at radius 1 is 1.35 bits per heavy atom. The summed E-state index contributed by atoms with van der Waals surface area (Å²) in [6.07, 6.45) is 0.237. The molecule has 0 unspecified atom stereocenters. The molecule has 2 heterocycles. The van der Waals surface area contributed by atoms with Crippen LogP contribution in [-0.2, 0) is 22.0 Å². The van der Waals surface area contributed by atoms with Crippen LogP contribution in [-0.4, -0.2) is 30.2 Å². The molecule has 20 heavy (non-hydrogen) atoms. The summed E-state index contributed by atoms with van der Waals surface area (Å²) in [6.45, 7) is 0. The molecule has 1 aromatic carbocycles. The van der Waals surface area contributed by atoms with E-state index >= 15 is 0 Å². The molecule has 1 aliphatic heterocycles. The first-order chi connectivity index (χ1) is 9.37. The van der Waals surface area contributed by atoms with Crippen molar-refractivity contribution in [2.24, 2.45) is 0 Å². The number of carboxylic acid groups (broad SMARTS) is 1. The van der Waals surface area contributed by atoms with Crippen LogP contribution in [0.15, 0.2) is 18.2 Å². The number of halogens is 1. The minimum absolute atomic E-state index is 0.00185. The summed E-state index contributed by atoms with van der Waals surface area (Å²) in [4.78, 5) is 15.9. The van der Waals surface area contributed by atoms with Crippen LogP contribution in [0.25, 0.3) is 10.9 Å². The van der Waals surface area contributed by atoms with Crippen molar-refractivity contribution < 1.29 is 18.3 Å². The molecule has 0 amide bonds. The predicted molar refractivity (Wildman–Crippen MR) is 74.9 cm³/mol. The number of aryl methyl sites for hydroxylation is 1. The molecule has 0 aliphatic carbocycles. The number of hydrogen-bond acceptors (Lipinski definition) is 4. The first-order valence-corrected chi connectivity index (χ1v) is 8.12. The van der Waals surface area contributed by atoms with Crippen molar-refractivity contribution in [3.8, 4) is 0 Å². The number of hydrogen-bond donors (Lipinski definition) is 1. The highest BCUT2D eigenvalue weighted by Gasteiger charge is 2.28. The van der Waals surface area contributed by atoms with Gasteiger partial charge in [0.05, 0.1) is 22.6 Å². The fraction of sp³-hybridized carbons (Fsp3) is 0.231. The summed E-state index contributed by atoms with van der Waals surface area (Å²) in [5.74, 6) is -1.42. The van der Waals surface area contributed by atoms with Crippen molar-refractivity contribution >= 4 is 38.3 Å². The predicted octanol–water partition coefficient (Wildman–Crippen LogP) is 2.06. The molecule has 1 aliphatic rings. The Balaban J connectivity index is 2.41. The van der Waals surface area contributed by atoms with E-state index < -0.39 is 15.8 Å². The lowest BCUT2D eigenvalue weighted by Gasteiger charge is -2.19. The van der Waals surface area contributed by atoms with Gasteiger partial charge in [0, 0.05) is 28.1 Å². The van der Waals surface area contributed by atoms with E-state index in [1.54, 1.807) is 18.2 Å². The fourth-order valence-electron chi connectivity index (χ4n) is 2.48. The maximum absolute atomic E-state index is 11.7. The number of aromatic carboxylic acids is 1. The number of carboxylic acids is 1. The highest BCUT2D eigenvalue weighted by atomic mass is 35.5. The molecule has 0 saturated carbocycles. The third-order valence-corrected chi connectivity index (χ3v) is 5.15. The molecule has 0 atom stereocenters. The summed E-state index contributed by atoms with van der Waals surface area (Å²) < 4.78 is 23.5. The van der Waals surface area contributed by atoms with Crippen LogP contribution >= 0.6 is 11.6 Å². The van der Waals surface area contributed by atoms with E-state index in [2.05, 4.69) is 4.98 Å². The molecule has 0 radical (unpaired) electrons. The van der Waals surface area contributed by atoms with Gasteiger partial charge < -0.3 is 5.11 Å². The van der Waals surface area contributed by atoms with Crippen LogP contribution < -0.4 is 0 Å². The Kier molecular flexibility index (Phi) is 2.95. The highest BCUT2D eigenvalue weighted by molar-refractivity contribution is 7.90. The Labute approximate surface area is 120 Å². The molecule has 1 N–H and O–H groups in total. The van der Waals surface area contributed by atoms with E-state index in [0.717, 1.165) is 0 Å². The molecular formula is C13H10ClNO4S. The Morgan fingerprint density at radius 2 is 2.10 bits per heavy atom. The standard InChI is InChI=1S/C13H10ClNO4S/c14-7-1-2-8-11(5-7)15-10-3-4-20(18,19)6-9(10)12(8)13(16)17/h1-2,5H,3-4,6H2,(H,16,17). The van der Waals surface area contributed by atoms with Crippen molar-refractivity contribution in [3.05, 3.63) is 40.0 Å². The molecular weight excluding hydrogens is 302 g/mol. The van der Waals surface area contributed by atoms with Gasteiger partial charge in [-0.15, -0.1) is 0 Å². The zero-order valence-electron chi connectivity index (χ0n) is 10.3. The molecule has 0 fully saturated rings. The topological polar surface area (TPSA) is 84.3 Å². The molecule has 2 aromatic rings. The molecule has 0 spiro atoms. The van der Waals surface area contributed by atoms with Gasteiger partial charge in [-0.2, -0.15) is 0 Å². The first kappa shape index (κ1) is 13.3. The SMILES string of the molecule is O=C(O)c1c2c(nc3cc(Cl)ccc13)CCS(=O)(=O)C2. The monoisotopic (exact) mass is 311 g/mol. The minimum atomic E-state index is -3.26. The van der Waals surface area contributed by atoms with Gasteiger partial charge in [-0.3, -0.25) is 4.98 Å². The largest absolute Gasteiger partial charge is 0.478 e. The molecule has 7 heteroatoms. The van der Waals surface area contributed by atoms with Gasteiger partial charge in [0.15, 0.2) is 9.84 Å². The number of aromatic nitrogens is 1. The van der Waals surface area contributed by atoms with E-state index in [0.29, 0.717) is 27.2 Å². The van der Waals surface area contributed by atoms with E-state index in [-0.39, 0.29) is 23.5 Å². The second-order valence-electron chi connectivity index (χ2n) is 4.72. The van der Waals surface area contributed by atoms with Crippen molar-refractivity contribution in [2.45, 2.75) is 12.2 Å². The number of sulfone groups is 1. The van der Waals surface area contributed by atoms with Gasteiger partial charge in [-0.25, -0.2) is 13.2 Å². The summed E-state index contributed by atoms with van der Waals surface area (Å²) in [6, 6.07) is 4.73. The third-order valence-electron chi connectivity index (χ3n) is 3.36. The summed E-state index contributed by atoms with van der Waals surface area (Å²) >= 11 is 5.90. The van der Waals surface area contributed by atoms with Crippen LogP contribution in [0.4, 0.5) is 0 Å². The second kappa shape index (κ2) is 4.43. The fourth-order valence-corrected chi connectivity index (χ4v) is 4.05. The lowest BCUT2D eigenvalue weighted by Crippen LogP contribution is -2.23. The van der Waals surface area contributed by atoms with Crippen LogP contribution in [0.3, 0.4) is 0 Å². The summed E-state index contributed by atoms with van der Waals surface area (Å²) in [7, 11) is -3.26. The number of fused-ring (bicyclic) bond motifs is 2. The van der Waals surface area contributed by atoms with Gasteiger partial charge in [0.2, 0.25) is 0 Å². The number of carbonyl (C=O) groups is 1. The average Bonchev–Trinajstić information content (AvgIpc) is 2.35. The van der Waals surface area contributed by atoms with Crippen molar-refractivity contribution in [1.29, 1.82) is 0 Å². The van der Waals surface area contributed by atoms with E-state index in [9.17, 15) is 18.3 Å². The lowest BCUT2D eigenvalue weighted by molar-refractivity contribution is 0.0698. The van der Waals surface area contributed by atoms with Crippen LogP contribution in [0.1, 0.15) is 21.6 Å². The molecule has 104 valence electrons. The van der Waals surface area contributed by atoms with Crippen LogP contribution in [0, 0.1) is 0 Å². The normalized spacial score (nSPS) is 16.9. The second-order valence-corrected chi connectivity index (χ2v) is 7.34. The highest BCUT2D eigenvalue weighted by Crippen LogP contribution is 2.30. The van der Waals surface area contributed by atoms with Gasteiger partial charge in [0.25, 0.3) is 0 Å². The Hall–Kier alpha value is -1.66. The maximum atomic E-state index is 11.7. The smallest absolute Gasteiger partial charge is 0.336 e. The number of nitrogens with zero attached hydrogens (tertiary/aromatic N) is 1. The Bertz CT molecular complexity index is 845. The lowest BCUT2D eigenvalue weighted by atomic mass is 10.00. The minimum Gasteiger partial charge on any atom is -0.478 e. The van der Waals surface area contributed by atoms with Gasteiger partial charge in [-0.05, 0) is 12.1 Å². The number of rotatable bonds is 1. The van der Waals surface area contributed by atoms with Gasteiger partial charge in [-0.1, -0.05) is 17.7 Å². The van der Waals surface area contributed by atoms with E-state index in [4.69, 9.17) is 11.6 Å². The quantitative estimate of drug-likeness (QED) is 0.871. The van der Waals surface area contributed by atoms with E-state index in [1.807, 2.05) is 0 Å². The zero-order chi connectivity index (χ0) is 14.5. The molecule has 3 rings (SSSR count). The van der Waals surface area contributed by atoms with Crippen LogP contribution in [0.2, 0.25) is 5.02 Å². The van der Waals surface area contributed by atoms with Crippen molar-refractivity contribution in [3.63, 3.8) is 0 Å². The number of pyridine rings is 1. The maximum Gasteiger partial charge on any atom is 0.336 e. The molecule has 1 aromatic heterocycles. The first-order valence-electron chi connectivity index (χ1n) is 5.92. The molecule has 0 saturated heterocycles. The Morgan fingerprint density at radius 3 is 2.80 bits per heavy atom. The molecule has 0 bridgehead atoms. The summed E-state index contributed by atoms with van der Waals surface area (Å²) in [5.41, 5.74) is 1.34. The average molecular weight is 312 g/mol. The van der Waals surface area contributed by atoms with Crippen molar-refractivity contribution in [2.75, 3.05) is 5.75 Å². The van der Waals surface area contributed by atoms with E-state index in [1.165, 1.54) is 0 Å². The van der Waals surface area contributed by atoms with Crippen molar-refractivity contribution in [1.82, 2.24) is 4.98 Å². The van der Waals surface area contributed by atoms with Crippen LogP contribution in [0.5, 0.6) is 0 Å². The van der Waals surface area contributed by atoms with Gasteiger partial charge >= 0.3 is 5.97 Å². The zero-order valence-corrected chi connectivity index (χ0v) is 11.8. The van der Waals surface area contributed by atoms with Gasteiger partial charge in [0.1, 0.15) is 0 Å². The molecule has 5 nitrogen and oxygen atoms in total. The third kappa shape index (κ3) is 2.14. The number of benzene rings is 1. The summed E-state index contributed by atoms with van der Waals surface area (Å²) in [5, 5.41) is 10.3.